The molecule has 1 amide bonds. The highest BCUT2D eigenvalue weighted by atomic mass is 16.5. The van der Waals surface area contributed by atoms with Crippen LogP contribution in [0.25, 0.3) is 0 Å². The van der Waals surface area contributed by atoms with Crippen molar-refractivity contribution in [3.63, 3.8) is 0 Å². The molecule has 1 aliphatic rings. The molecule has 0 unspecified atom stereocenters. The largest absolute Gasteiger partial charge is 0.495 e. The number of anilines is 1. The maximum absolute atomic E-state index is 12.0. The number of nitrogens with one attached hydrogen (secondary N) is 2. The van der Waals surface area contributed by atoms with Crippen molar-refractivity contribution in [1.29, 1.82) is 0 Å². The normalized spacial score (nSPS) is 15.4. The van der Waals surface area contributed by atoms with Gasteiger partial charge < -0.3 is 20.1 Å². The van der Waals surface area contributed by atoms with Crippen molar-refractivity contribution in [2.24, 2.45) is 0 Å². The van der Waals surface area contributed by atoms with Gasteiger partial charge in [-0.1, -0.05) is 6.07 Å². The Hall–Kier alpha value is -1.63. The molecule has 2 N–H and O–H groups in total. The van der Waals surface area contributed by atoms with Gasteiger partial charge in [-0.2, -0.15) is 0 Å². The molecule has 1 aromatic carbocycles. The van der Waals surface area contributed by atoms with Gasteiger partial charge in [-0.3, -0.25) is 9.69 Å². The van der Waals surface area contributed by atoms with E-state index in [1.165, 1.54) is 0 Å². The van der Waals surface area contributed by atoms with Crippen molar-refractivity contribution in [3.8, 4) is 5.75 Å². The number of benzene rings is 1. The number of methoxy groups -OCH3 is 1. The van der Waals surface area contributed by atoms with Crippen LogP contribution in [0.15, 0.2) is 18.2 Å². The van der Waals surface area contributed by atoms with E-state index in [1.807, 2.05) is 25.1 Å². The zero-order valence-electron chi connectivity index (χ0n) is 14.1. The average molecular weight is 321 g/mol. The number of carbonyl (C=O) groups excluding carboxylic acids is 1. The highest BCUT2D eigenvalue weighted by molar-refractivity contribution is 5.92. The highest BCUT2D eigenvalue weighted by Crippen LogP contribution is 2.25. The smallest absolute Gasteiger partial charge is 0.225 e. The molecule has 6 heteroatoms. The van der Waals surface area contributed by atoms with E-state index in [0.717, 1.165) is 50.6 Å². The Balaban J connectivity index is 1.64. The molecule has 128 valence electrons. The minimum Gasteiger partial charge on any atom is -0.495 e. The second kappa shape index (κ2) is 9.50. The molecule has 0 aromatic heterocycles. The lowest BCUT2D eigenvalue weighted by Crippen LogP contribution is -2.40. The van der Waals surface area contributed by atoms with Gasteiger partial charge in [0.2, 0.25) is 5.91 Å². The Kier molecular flexibility index (Phi) is 7.32. The van der Waals surface area contributed by atoms with Gasteiger partial charge in [0.25, 0.3) is 0 Å². The molecule has 0 bridgehead atoms. The lowest BCUT2D eigenvalue weighted by Gasteiger charge is -2.26. The van der Waals surface area contributed by atoms with Crippen LogP contribution in [0, 0.1) is 6.92 Å². The standard InChI is InChI=1S/C17H27N3O3/c1-14-3-4-16(22-2)15(13-14)19-17(21)5-6-18-7-8-20-9-11-23-12-10-20/h3-4,13,18H,5-12H2,1-2H3,(H,19,21). The fourth-order valence-electron chi connectivity index (χ4n) is 2.52. The summed E-state index contributed by atoms with van der Waals surface area (Å²) in [5.41, 5.74) is 1.82. The van der Waals surface area contributed by atoms with Crippen LogP contribution in [0.1, 0.15) is 12.0 Å². The number of hydrogen-bond donors (Lipinski definition) is 2. The maximum Gasteiger partial charge on any atom is 0.225 e. The van der Waals surface area contributed by atoms with Gasteiger partial charge in [0.15, 0.2) is 0 Å². The molecule has 6 nitrogen and oxygen atoms in total. The third-order valence-electron chi connectivity index (χ3n) is 3.87. The predicted octanol–water partition coefficient (Wildman–Crippen LogP) is 1.25. The number of nitrogens with zero attached hydrogens (tertiary/aromatic N) is 1. The quantitative estimate of drug-likeness (QED) is 0.706. The molecular weight excluding hydrogens is 294 g/mol. The van der Waals surface area contributed by atoms with E-state index in [1.54, 1.807) is 7.11 Å². The Morgan fingerprint density at radius 2 is 2.09 bits per heavy atom. The molecule has 1 aromatic rings. The van der Waals surface area contributed by atoms with E-state index in [0.29, 0.717) is 18.7 Å². The SMILES string of the molecule is COc1ccc(C)cc1NC(=O)CCNCCN1CCOCC1. The van der Waals surface area contributed by atoms with Gasteiger partial charge in [0, 0.05) is 39.1 Å². The van der Waals surface area contributed by atoms with Crippen LogP contribution in [0.2, 0.25) is 0 Å². The summed E-state index contributed by atoms with van der Waals surface area (Å²) in [5, 5.41) is 6.23. The van der Waals surface area contributed by atoms with Crippen LogP contribution in [0.5, 0.6) is 5.75 Å². The Morgan fingerprint density at radius 3 is 2.83 bits per heavy atom. The van der Waals surface area contributed by atoms with Crippen molar-refractivity contribution < 1.29 is 14.3 Å². The summed E-state index contributed by atoms with van der Waals surface area (Å²) in [6.07, 6.45) is 0.445. The fraction of sp³-hybridized carbons (Fsp3) is 0.588. The number of rotatable bonds is 8. The van der Waals surface area contributed by atoms with Gasteiger partial charge >= 0.3 is 0 Å². The van der Waals surface area contributed by atoms with Gasteiger partial charge in [-0.05, 0) is 24.6 Å². The van der Waals surface area contributed by atoms with Crippen LogP contribution in [-0.2, 0) is 9.53 Å². The Bertz CT molecular complexity index is 502. The van der Waals surface area contributed by atoms with Crippen molar-refractivity contribution in [1.82, 2.24) is 10.2 Å². The summed E-state index contributed by atoms with van der Waals surface area (Å²) in [6, 6.07) is 5.75. The summed E-state index contributed by atoms with van der Waals surface area (Å²) in [5.74, 6) is 0.678. The molecule has 0 spiro atoms. The first-order valence-corrected chi connectivity index (χ1v) is 8.14. The Labute approximate surface area is 138 Å². The van der Waals surface area contributed by atoms with Crippen LogP contribution >= 0.6 is 0 Å². The molecule has 1 aliphatic heterocycles. The third kappa shape index (κ3) is 6.17. The summed E-state index contributed by atoms with van der Waals surface area (Å²) in [6.45, 7) is 8.18. The van der Waals surface area contributed by atoms with E-state index < -0.39 is 0 Å². The van der Waals surface area contributed by atoms with Crippen LogP contribution in [0.3, 0.4) is 0 Å². The molecule has 1 fully saturated rings. The van der Waals surface area contributed by atoms with E-state index in [2.05, 4.69) is 15.5 Å². The van der Waals surface area contributed by atoms with Gasteiger partial charge in [-0.25, -0.2) is 0 Å². The summed E-state index contributed by atoms with van der Waals surface area (Å²) >= 11 is 0. The number of morpholine rings is 1. The predicted molar refractivity (Wildman–Crippen MR) is 91.1 cm³/mol. The van der Waals surface area contributed by atoms with Crippen LogP contribution in [0.4, 0.5) is 5.69 Å². The van der Waals surface area contributed by atoms with Crippen molar-refractivity contribution >= 4 is 11.6 Å². The molecule has 1 heterocycles. The van der Waals surface area contributed by atoms with Gasteiger partial charge in [-0.15, -0.1) is 0 Å². The minimum atomic E-state index is -0.00669. The molecular formula is C17H27N3O3. The number of amides is 1. The zero-order valence-corrected chi connectivity index (χ0v) is 14.1. The molecule has 1 saturated heterocycles. The number of hydrogen-bond acceptors (Lipinski definition) is 5. The molecule has 0 saturated carbocycles. The van der Waals surface area contributed by atoms with Crippen molar-refractivity contribution in [3.05, 3.63) is 23.8 Å². The molecule has 2 rings (SSSR count). The Morgan fingerprint density at radius 1 is 1.30 bits per heavy atom. The van der Waals surface area contributed by atoms with Gasteiger partial charge in [0.05, 0.1) is 26.0 Å². The molecule has 0 aliphatic carbocycles. The van der Waals surface area contributed by atoms with Crippen LogP contribution < -0.4 is 15.4 Å². The first kappa shape index (κ1) is 17.7. The lowest BCUT2D eigenvalue weighted by molar-refractivity contribution is -0.116. The first-order chi connectivity index (χ1) is 11.2. The summed E-state index contributed by atoms with van der Waals surface area (Å²) in [7, 11) is 1.60. The highest BCUT2D eigenvalue weighted by Gasteiger charge is 2.10. The minimum absolute atomic E-state index is 0.00669. The van der Waals surface area contributed by atoms with E-state index in [9.17, 15) is 4.79 Å². The second-order valence-corrected chi connectivity index (χ2v) is 5.71. The van der Waals surface area contributed by atoms with Gasteiger partial charge in [0.1, 0.15) is 5.75 Å². The van der Waals surface area contributed by atoms with Crippen molar-refractivity contribution in [2.45, 2.75) is 13.3 Å². The van der Waals surface area contributed by atoms with Crippen LogP contribution in [-0.4, -0.2) is 63.9 Å². The third-order valence-corrected chi connectivity index (χ3v) is 3.87. The van der Waals surface area contributed by atoms with E-state index in [4.69, 9.17) is 9.47 Å². The fourth-order valence-corrected chi connectivity index (χ4v) is 2.52. The number of ether oxygens (including phenoxy) is 2. The van der Waals surface area contributed by atoms with Crippen molar-refractivity contribution in [2.75, 3.05) is 58.4 Å². The van der Waals surface area contributed by atoms with E-state index in [-0.39, 0.29) is 5.91 Å². The topological polar surface area (TPSA) is 62.8 Å². The number of carbonyl (C=O) groups is 1. The molecule has 23 heavy (non-hydrogen) atoms. The monoisotopic (exact) mass is 321 g/mol. The first-order valence-electron chi connectivity index (χ1n) is 8.14. The summed E-state index contributed by atoms with van der Waals surface area (Å²) < 4.78 is 10.6. The zero-order chi connectivity index (χ0) is 16.5. The summed E-state index contributed by atoms with van der Waals surface area (Å²) in [4.78, 5) is 14.4. The number of aryl methyl sites for hydroxylation is 1. The lowest BCUT2D eigenvalue weighted by atomic mass is 10.2. The molecule has 0 atom stereocenters. The average Bonchev–Trinajstić information content (AvgIpc) is 2.56. The molecule has 0 radical (unpaired) electrons. The van der Waals surface area contributed by atoms with E-state index >= 15 is 0 Å². The maximum atomic E-state index is 12.0. The second-order valence-electron chi connectivity index (χ2n) is 5.71.